The molecular formula is C22H27N7O. The average molecular weight is 406 g/mol. The molecule has 0 atom stereocenters. The van der Waals surface area contributed by atoms with E-state index < -0.39 is 0 Å². The van der Waals surface area contributed by atoms with E-state index >= 15 is 0 Å². The van der Waals surface area contributed by atoms with Crippen LogP contribution in [0.2, 0.25) is 0 Å². The molecule has 1 aliphatic heterocycles. The van der Waals surface area contributed by atoms with Crippen molar-refractivity contribution in [2.45, 2.75) is 26.4 Å². The fourth-order valence-electron chi connectivity index (χ4n) is 3.60. The fourth-order valence-corrected chi connectivity index (χ4v) is 3.60. The van der Waals surface area contributed by atoms with Gasteiger partial charge in [0.25, 0.3) is 5.91 Å². The molecule has 1 N–H and O–H groups in total. The van der Waals surface area contributed by atoms with E-state index in [0.717, 1.165) is 34.9 Å². The summed E-state index contributed by atoms with van der Waals surface area (Å²) < 4.78 is 1.98. The second-order valence-electron chi connectivity index (χ2n) is 8.06. The number of nitrogens with zero attached hydrogens (tertiary/aromatic N) is 6. The van der Waals surface area contributed by atoms with Crippen molar-refractivity contribution >= 4 is 17.4 Å². The lowest BCUT2D eigenvalue weighted by atomic mass is 10.1. The smallest absolute Gasteiger partial charge is 0.256 e. The number of amides is 1. The number of aromatic nitrogens is 4. The molecule has 0 fully saturated rings. The highest BCUT2D eigenvalue weighted by Crippen LogP contribution is 2.31. The number of rotatable bonds is 7. The summed E-state index contributed by atoms with van der Waals surface area (Å²) in [5.41, 5.74) is 3.28. The zero-order chi connectivity index (χ0) is 21.3. The maximum absolute atomic E-state index is 13.0. The topological polar surface area (TPSA) is 79.2 Å². The summed E-state index contributed by atoms with van der Waals surface area (Å²) in [6.45, 7) is 6.34. The Morgan fingerprint density at radius 2 is 1.97 bits per heavy atom. The van der Waals surface area contributed by atoms with Crippen molar-refractivity contribution in [2.75, 3.05) is 32.5 Å². The number of pyridine rings is 1. The monoisotopic (exact) mass is 405 g/mol. The number of hydrogen-bond acceptors (Lipinski definition) is 6. The maximum atomic E-state index is 13.0. The lowest BCUT2D eigenvalue weighted by Crippen LogP contribution is -2.32. The third-order valence-corrected chi connectivity index (χ3v) is 5.20. The zero-order valence-electron chi connectivity index (χ0n) is 17.8. The molecule has 8 heteroatoms. The summed E-state index contributed by atoms with van der Waals surface area (Å²) in [5, 5.41) is 11.6. The van der Waals surface area contributed by atoms with Gasteiger partial charge in [0.15, 0.2) is 5.82 Å². The molecule has 3 heterocycles. The first-order chi connectivity index (χ1) is 14.4. The highest BCUT2D eigenvalue weighted by Gasteiger charge is 2.29. The molecule has 1 amide bonds. The first kappa shape index (κ1) is 20.0. The van der Waals surface area contributed by atoms with Gasteiger partial charge in [0.2, 0.25) is 0 Å². The average Bonchev–Trinajstić information content (AvgIpc) is 3.32. The third kappa shape index (κ3) is 3.91. The van der Waals surface area contributed by atoms with Crippen LogP contribution in [0.15, 0.2) is 42.7 Å². The lowest BCUT2D eigenvalue weighted by Gasteiger charge is -2.18. The SMILES string of the molecule is CC(C)n1cnnc1-c1cccc(Nc2cccc3c2C(=O)N(CCN(C)C)C3)n1. The van der Waals surface area contributed by atoms with Crippen molar-refractivity contribution in [1.82, 2.24) is 29.5 Å². The fraction of sp³-hybridized carbons (Fsp3) is 0.364. The summed E-state index contributed by atoms with van der Waals surface area (Å²) in [4.78, 5) is 21.7. The molecule has 0 aliphatic carbocycles. The Balaban J connectivity index is 1.60. The van der Waals surface area contributed by atoms with E-state index in [0.29, 0.717) is 18.9 Å². The molecule has 0 spiro atoms. The van der Waals surface area contributed by atoms with Gasteiger partial charge < -0.3 is 19.7 Å². The summed E-state index contributed by atoms with van der Waals surface area (Å²) in [6.07, 6.45) is 1.72. The minimum Gasteiger partial charge on any atom is -0.340 e. The first-order valence-electron chi connectivity index (χ1n) is 10.1. The van der Waals surface area contributed by atoms with Crippen LogP contribution < -0.4 is 5.32 Å². The van der Waals surface area contributed by atoms with Gasteiger partial charge in [-0.05, 0) is 51.7 Å². The Morgan fingerprint density at radius 3 is 2.73 bits per heavy atom. The van der Waals surface area contributed by atoms with Gasteiger partial charge in [-0.25, -0.2) is 4.98 Å². The number of benzene rings is 1. The highest BCUT2D eigenvalue weighted by atomic mass is 16.2. The van der Waals surface area contributed by atoms with Gasteiger partial charge in [0, 0.05) is 25.7 Å². The second kappa shape index (κ2) is 8.23. The minimum absolute atomic E-state index is 0.0608. The zero-order valence-corrected chi connectivity index (χ0v) is 17.8. The van der Waals surface area contributed by atoms with Crippen LogP contribution in [0.1, 0.15) is 35.8 Å². The van der Waals surface area contributed by atoms with Gasteiger partial charge >= 0.3 is 0 Å². The Hall–Kier alpha value is -3.26. The number of carbonyl (C=O) groups is 1. The third-order valence-electron chi connectivity index (χ3n) is 5.20. The predicted octanol–water partition coefficient (Wildman–Crippen LogP) is 3.18. The van der Waals surface area contributed by atoms with Crippen LogP contribution in [0.4, 0.5) is 11.5 Å². The van der Waals surface area contributed by atoms with E-state index in [-0.39, 0.29) is 11.9 Å². The van der Waals surface area contributed by atoms with Gasteiger partial charge in [-0.15, -0.1) is 10.2 Å². The van der Waals surface area contributed by atoms with Crippen LogP contribution in [0.25, 0.3) is 11.5 Å². The van der Waals surface area contributed by atoms with Crippen molar-refractivity contribution in [2.24, 2.45) is 0 Å². The molecule has 156 valence electrons. The van der Waals surface area contributed by atoms with Crippen molar-refractivity contribution in [3.05, 3.63) is 53.9 Å². The summed E-state index contributed by atoms with van der Waals surface area (Å²) in [5.74, 6) is 1.45. The van der Waals surface area contributed by atoms with Crippen molar-refractivity contribution in [3.63, 3.8) is 0 Å². The van der Waals surface area contributed by atoms with E-state index in [1.54, 1.807) is 6.33 Å². The lowest BCUT2D eigenvalue weighted by molar-refractivity contribution is 0.0769. The molecular weight excluding hydrogens is 378 g/mol. The molecule has 0 bridgehead atoms. The number of hydrogen-bond donors (Lipinski definition) is 1. The summed E-state index contributed by atoms with van der Waals surface area (Å²) in [6, 6.07) is 11.9. The summed E-state index contributed by atoms with van der Waals surface area (Å²) >= 11 is 0. The number of likely N-dealkylation sites (N-methyl/N-ethyl adjacent to an activating group) is 1. The largest absolute Gasteiger partial charge is 0.340 e. The normalized spacial score (nSPS) is 13.4. The Labute approximate surface area is 176 Å². The molecule has 8 nitrogen and oxygen atoms in total. The Kier molecular flexibility index (Phi) is 5.50. The first-order valence-corrected chi connectivity index (χ1v) is 10.1. The molecule has 1 aliphatic rings. The van der Waals surface area contributed by atoms with Crippen molar-refractivity contribution < 1.29 is 4.79 Å². The summed E-state index contributed by atoms with van der Waals surface area (Å²) in [7, 11) is 4.03. The van der Waals surface area contributed by atoms with Crippen LogP contribution in [-0.2, 0) is 6.54 Å². The van der Waals surface area contributed by atoms with Crippen LogP contribution >= 0.6 is 0 Å². The van der Waals surface area contributed by atoms with Gasteiger partial charge in [0.05, 0.1) is 11.3 Å². The molecule has 0 saturated carbocycles. The van der Waals surface area contributed by atoms with E-state index in [9.17, 15) is 4.79 Å². The number of fused-ring (bicyclic) bond motifs is 1. The number of anilines is 2. The van der Waals surface area contributed by atoms with Gasteiger partial charge in [-0.1, -0.05) is 18.2 Å². The Morgan fingerprint density at radius 1 is 1.17 bits per heavy atom. The molecule has 0 unspecified atom stereocenters. The number of carbonyl (C=O) groups excluding carboxylic acids is 1. The quantitative estimate of drug-likeness (QED) is 0.650. The van der Waals surface area contributed by atoms with Gasteiger partial charge in [-0.3, -0.25) is 4.79 Å². The number of nitrogens with one attached hydrogen (secondary N) is 1. The van der Waals surface area contributed by atoms with Gasteiger partial charge in [-0.2, -0.15) is 0 Å². The molecule has 4 rings (SSSR count). The van der Waals surface area contributed by atoms with Crippen LogP contribution in [0.3, 0.4) is 0 Å². The van der Waals surface area contributed by atoms with Crippen LogP contribution in [0, 0.1) is 0 Å². The molecule has 0 saturated heterocycles. The second-order valence-corrected chi connectivity index (χ2v) is 8.06. The Bertz CT molecular complexity index is 1060. The highest BCUT2D eigenvalue weighted by molar-refractivity contribution is 6.04. The minimum atomic E-state index is 0.0608. The van der Waals surface area contributed by atoms with Crippen molar-refractivity contribution in [1.29, 1.82) is 0 Å². The standard InChI is InChI=1S/C22H27N7O/c1-15(2)29-14-23-26-21(29)18-9-6-10-19(25-18)24-17-8-5-7-16-13-28(12-11-27(3)4)22(30)20(16)17/h5-10,14-15H,11-13H2,1-4H3,(H,24,25). The van der Waals surface area contributed by atoms with E-state index in [4.69, 9.17) is 4.98 Å². The van der Waals surface area contributed by atoms with E-state index in [1.807, 2.05) is 60.0 Å². The molecule has 2 aromatic heterocycles. The molecule has 0 radical (unpaired) electrons. The van der Waals surface area contributed by atoms with Gasteiger partial charge in [0.1, 0.15) is 17.8 Å². The van der Waals surface area contributed by atoms with Crippen LogP contribution in [-0.4, -0.2) is 62.6 Å². The molecule has 3 aromatic rings. The molecule has 30 heavy (non-hydrogen) atoms. The maximum Gasteiger partial charge on any atom is 0.256 e. The molecule has 1 aromatic carbocycles. The van der Waals surface area contributed by atoms with E-state index in [2.05, 4.69) is 34.3 Å². The van der Waals surface area contributed by atoms with Crippen LogP contribution in [0.5, 0.6) is 0 Å². The van der Waals surface area contributed by atoms with E-state index in [1.165, 1.54) is 0 Å². The van der Waals surface area contributed by atoms with Crippen molar-refractivity contribution in [3.8, 4) is 11.5 Å². The predicted molar refractivity (Wildman–Crippen MR) is 117 cm³/mol.